The van der Waals surface area contributed by atoms with Crippen LogP contribution in [0.3, 0.4) is 0 Å². The SMILES string of the molecule is C=CC1CCC2CC(c3ccc(C#Cc4ccc(OC/C=C/C)cc4F)cc3F)CCC2C1. The zero-order valence-electron chi connectivity index (χ0n) is 19.3. The van der Waals surface area contributed by atoms with Crippen LogP contribution in [0.15, 0.2) is 61.2 Å². The van der Waals surface area contributed by atoms with Gasteiger partial charge < -0.3 is 4.74 Å². The molecular weight excluding hydrogens is 414 g/mol. The summed E-state index contributed by atoms with van der Waals surface area (Å²) in [5.41, 5.74) is 1.63. The molecule has 1 nitrogen and oxygen atoms in total. The number of hydrogen-bond acceptors (Lipinski definition) is 1. The average molecular weight is 447 g/mol. The van der Waals surface area contributed by atoms with Crippen molar-refractivity contribution in [1.29, 1.82) is 0 Å². The first-order valence-corrected chi connectivity index (χ1v) is 12.0. The first-order valence-electron chi connectivity index (χ1n) is 12.0. The summed E-state index contributed by atoms with van der Waals surface area (Å²) in [5, 5.41) is 0. The zero-order valence-corrected chi connectivity index (χ0v) is 19.3. The fourth-order valence-corrected chi connectivity index (χ4v) is 5.43. The van der Waals surface area contributed by atoms with Crippen molar-refractivity contribution in [3.63, 3.8) is 0 Å². The third-order valence-electron chi connectivity index (χ3n) is 7.29. The Morgan fingerprint density at radius 3 is 2.55 bits per heavy atom. The van der Waals surface area contributed by atoms with E-state index >= 15 is 4.39 Å². The molecule has 0 aromatic heterocycles. The van der Waals surface area contributed by atoms with Crippen LogP contribution in [0.5, 0.6) is 5.75 Å². The van der Waals surface area contributed by atoms with Gasteiger partial charge in [-0.1, -0.05) is 36.1 Å². The molecule has 0 spiro atoms. The first kappa shape index (κ1) is 23.3. The molecule has 2 aromatic rings. The minimum atomic E-state index is -0.444. The molecule has 2 saturated carbocycles. The lowest BCUT2D eigenvalue weighted by molar-refractivity contribution is 0.132. The summed E-state index contributed by atoms with van der Waals surface area (Å²) in [4.78, 5) is 0. The van der Waals surface area contributed by atoms with Gasteiger partial charge in [0.2, 0.25) is 0 Å². The smallest absolute Gasteiger partial charge is 0.142 e. The van der Waals surface area contributed by atoms with Crippen molar-refractivity contribution in [3.8, 4) is 17.6 Å². The van der Waals surface area contributed by atoms with Gasteiger partial charge in [0, 0.05) is 11.6 Å². The van der Waals surface area contributed by atoms with E-state index in [-0.39, 0.29) is 17.3 Å². The number of allylic oxidation sites excluding steroid dienone is 2. The van der Waals surface area contributed by atoms with Crippen LogP contribution in [0.25, 0.3) is 0 Å². The lowest BCUT2D eigenvalue weighted by Crippen LogP contribution is -2.30. The highest BCUT2D eigenvalue weighted by molar-refractivity contribution is 5.46. The highest BCUT2D eigenvalue weighted by Crippen LogP contribution is 2.48. The van der Waals surface area contributed by atoms with Crippen LogP contribution in [-0.4, -0.2) is 6.61 Å². The van der Waals surface area contributed by atoms with E-state index < -0.39 is 5.82 Å². The first-order chi connectivity index (χ1) is 16.1. The molecule has 2 aromatic carbocycles. The van der Waals surface area contributed by atoms with Crippen LogP contribution >= 0.6 is 0 Å². The highest BCUT2D eigenvalue weighted by Gasteiger charge is 2.35. The summed E-state index contributed by atoms with van der Waals surface area (Å²) in [6.07, 6.45) is 12.8. The van der Waals surface area contributed by atoms with Gasteiger partial charge in [-0.2, -0.15) is 0 Å². The Labute approximate surface area is 196 Å². The van der Waals surface area contributed by atoms with E-state index in [2.05, 4.69) is 24.5 Å². The van der Waals surface area contributed by atoms with E-state index in [0.29, 0.717) is 29.8 Å². The molecule has 33 heavy (non-hydrogen) atoms. The van der Waals surface area contributed by atoms with Gasteiger partial charge in [0.15, 0.2) is 0 Å². The number of rotatable bonds is 5. The molecule has 4 unspecified atom stereocenters. The minimum absolute atomic E-state index is 0.196. The van der Waals surface area contributed by atoms with Crippen LogP contribution in [-0.2, 0) is 0 Å². The maximum absolute atomic E-state index is 15.0. The third kappa shape index (κ3) is 5.74. The predicted molar refractivity (Wildman–Crippen MR) is 130 cm³/mol. The molecular formula is C30H32F2O. The normalized spacial score (nSPS) is 24.6. The summed E-state index contributed by atoms with van der Waals surface area (Å²) in [5.74, 6) is 7.96. The number of hydrogen-bond donors (Lipinski definition) is 0. The fourth-order valence-electron chi connectivity index (χ4n) is 5.43. The largest absolute Gasteiger partial charge is 0.489 e. The molecule has 0 bridgehead atoms. The predicted octanol–water partition coefficient (Wildman–Crippen LogP) is 7.81. The van der Waals surface area contributed by atoms with Gasteiger partial charge in [-0.05, 0) is 98.9 Å². The summed E-state index contributed by atoms with van der Waals surface area (Å²) >= 11 is 0. The van der Waals surface area contributed by atoms with Crippen molar-refractivity contribution in [1.82, 2.24) is 0 Å². The van der Waals surface area contributed by atoms with Crippen molar-refractivity contribution in [2.75, 3.05) is 6.61 Å². The fraction of sp³-hybridized carbons (Fsp3) is 0.400. The summed E-state index contributed by atoms with van der Waals surface area (Å²) in [7, 11) is 0. The quantitative estimate of drug-likeness (QED) is 0.336. The molecule has 3 heteroatoms. The van der Waals surface area contributed by atoms with Crippen molar-refractivity contribution >= 4 is 0 Å². The van der Waals surface area contributed by atoms with Gasteiger partial charge in [0.1, 0.15) is 24.0 Å². The van der Waals surface area contributed by atoms with Gasteiger partial charge in [0.05, 0.1) is 5.56 Å². The van der Waals surface area contributed by atoms with Crippen LogP contribution in [0.1, 0.15) is 68.1 Å². The second-order valence-corrected chi connectivity index (χ2v) is 9.35. The average Bonchev–Trinajstić information content (AvgIpc) is 2.83. The van der Waals surface area contributed by atoms with Gasteiger partial charge in [-0.3, -0.25) is 0 Å². The standard InChI is InChI=1S/C30H32F2O/c1-3-5-16-33-27-14-13-23(29(31)20-27)9-7-22-8-15-28(30(32)18-22)26-12-11-24-17-21(4-2)6-10-25(24)19-26/h3-5,8,13-15,18,20-21,24-26H,2,6,10-12,16-17,19H2,1H3/b5-3+. The number of fused-ring (bicyclic) bond motifs is 1. The zero-order chi connectivity index (χ0) is 23.2. The van der Waals surface area contributed by atoms with E-state index in [1.54, 1.807) is 12.1 Å². The molecule has 2 aliphatic carbocycles. The van der Waals surface area contributed by atoms with Crippen molar-refractivity contribution in [2.24, 2.45) is 17.8 Å². The Kier molecular flexibility index (Phi) is 7.65. The van der Waals surface area contributed by atoms with Gasteiger partial charge in [-0.15, -0.1) is 6.58 Å². The van der Waals surface area contributed by atoms with E-state index in [4.69, 9.17) is 4.74 Å². The minimum Gasteiger partial charge on any atom is -0.489 e. The lowest BCUT2D eigenvalue weighted by atomic mass is 9.64. The van der Waals surface area contributed by atoms with Crippen molar-refractivity contribution in [2.45, 2.75) is 51.4 Å². The molecule has 4 atom stereocenters. The molecule has 2 fully saturated rings. The van der Waals surface area contributed by atoms with Crippen LogP contribution < -0.4 is 4.74 Å². The van der Waals surface area contributed by atoms with Crippen LogP contribution in [0.2, 0.25) is 0 Å². The molecule has 0 radical (unpaired) electrons. The maximum Gasteiger partial charge on any atom is 0.142 e. The number of ether oxygens (including phenoxy) is 1. The number of benzene rings is 2. The third-order valence-corrected chi connectivity index (χ3v) is 7.29. The second kappa shape index (κ2) is 10.8. The van der Waals surface area contributed by atoms with Crippen molar-refractivity contribution in [3.05, 3.63) is 89.5 Å². The second-order valence-electron chi connectivity index (χ2n) is 9.35. The highest BCUT2D eigenvalue weighted by atomic mass is 19.1. The Bertz CT molecular complexity index is 1070. The maximum atomic E-state index is 15.0. The van der Waals surface area contributed by atoms with Crippen LogP contribution in [0, 0.1) is 41.2 Å². The van der Waals surface area contributed by atoms with E-state index in [0.717, 1.165) is 24.3 Å². The van der Waals surface area contributed by atoms with Crippen LogP contribution in [0.4, 0.5) is 8.78 Å². The molecule has 172 valence electrons. The summed E-state index contributed by atoms with van der Waals surface area (Å²) in [6, 6.07) is 9.86. The molecule has 0 amide bonds. The summed E-state index contributed by atoms with van der Waals surface area (Å²) < 4.78 is 34.8. The Morgan fingerprint density at radius 1 is 0.970 bits per heavy atom. The Balaban J connectivity index is 1.42. The number of halogens is 2. The monoisotopic (exact) mass is 446 g/mol. The van der Waals surface area contributed by atoms with E-state index in [1.807, 2.05) is 31.2 Å². The molecule has 0 aliphatic heterocycles. The Morgan fingerprint density at radius 2 is 1.79 bits per heavy atom. The molecule has 0 saturated heterocycles. The molecule has 2 aliphatic rings. The van der Waals surface area contributed by atoms with E-state index in [9.17, 15) is 4.39 Å². The van der Waals surface area contributed by atoms with E-state index in [1.165, 1.54) is 37.8 Å². The van der Waals surface area contributed by atoms with Gasteiger partial charge in [-0.25, -0.2) is 8.78 Å². The molecule has 0 heterocycles. The Hall–Kier alpha value is -2.86. The summed E-state index contributed by atoms with van der Waals surface area (Å²) in [6.45, 7) is 6.27. The molecule has 0 N–H and O–H groups in total. The molecule has 4 rings (SSSR count). The van der Waals surface area contributed by atoms with Gasteiger partial charge in [0.25, 0.3) is 0 Å². The topological polar surface area (TPSA) is 9.23 Å². The lowest BCUT2D eigenvalue weighted by Gasteiger charge is -2.41. The van der Waals surface area contributed by atoms with Gasteiger partial charge >= 0.3 is 0 Å². The van der Waals surface area contributed by atoms with Crippen molar-refractivity contribution < 1.29 is 13.5 Å².